The second-order valence-electron chi connectivity index (χ2n) is 6.02. The molecular formula is C16H16FN3O2. The SMILES string of the molecule is CN1C(=O)NC(c2cccc(F)c2)C2=C1CN(C1CC1)C2=O. The molecule has 6 heteroatoms. The minimum absolute atomic E-state index is 0.0430. The van der Waals surface area contributed by atoms with E-state index >= 15 is 0 Å². The number of carbonyl (C=O) groups excluding carboxylic acids is 2. The van der Waals surface area contributed by atoms with Gasteiger partial charge in [-0.3, -0.25) is 9.69 Å². The molecule has 3 amide bonds. The number of carbonyl (C=O) groups is 2. The molecule has 0 saturated heterocycles. The normalized spacial score (nSPS) is 24.7. The maximum atomic E-state index is 13.5. The Kier molecular flexibility index (Phi) is 2.76. The van der Waals surface area contributed by atoms with Crippen LogP contribution in [0.2, 0.25) is 0 Å². The van der Waals surface area contributed by atoms with Gasteiger partial charge >= 0.3 is 6.03 Å². The molecule has 2 heterocycles. The van der Waals surface area contributed by atoms with Crippen LogP contribution in [0.15, 0.2) is 35.5 Å². The summed E-state index contributed by atoms with van der Waals surface area (Å²) in [7, 11) is 1.66. The van der Waals surface area contributed by atoms with E-state index in [9.17, 15) is 14.0 Å². The summed E-state index contributed by atoms with van der Waals surface area (Å²) in [4.78, 5) is 28.2. The van der Waals surface area contributed by atoms with Crippen LogP contribution in [0, 0.1) is 5.82 Å². The van der Waals surface area contributed by atoms with E-state index in [1.807, 2.05) is 4.90 Å². The highest BCUT2D eigenvalue weighted by atomic mass is 19.1. The molecule has 2 aliphatic heterocycles. The van der Waals surface area contributed by atoms with Crippen LogP contribution in [-0.4, -0.2) is 41.4 Å². The van der Waals surface area contributed by atoms with Crippen LogP contribution < -0.4 is 5.32 Å². The van der Waals surface area contributed by atoms with Crippen molar-refractivity contribution in [2.45, 2.75) is 24.9 Å². The lowest BCUT2D eigenvalue weighted by Gasteiger charge is -2.31. The molecule has 1 N–H and O–H groups in total. The Balaban J connectivity index is 1.78. The van der Waals surface area contributed by atoms with Crippen LogP contribution in [0.25, 0.3) is 0 Å². The van der Waals surface area contributed by atoms with E-state index in [0.29, 0.717) is 17.7 Å². The summed E-state index contributed by atoms with van der Waals surface area (Å²) in [5, 5.41) is 2.81. The molecule has 3 aliphatic rings. The molecule has 1 unspecified atom stereocenters. The molecule has 1 aromatic rings. The Morgan fingerprint density at radius 2 is 2.05 bits per heavy atom. The zero-order chi connectivity index (χ0) is 15.4. The molecule has 5 nitrogen and oxygen atoms in total. The van der Waals surface area contributed by atoms with Gasteiger partial charge in [0.25, 0.3) is 5.91 Å². The smallest absolute Gasteiger partial charge is 0.322 e. The van der Waals surface area contributed by atoms with Gasteiger partial charge in [-0.15, -0.1) is 0 Å². The average molecular weight is 301 g/mol. The lowest BCUT2D eigenvalue weighted by atomic mass is 9.96. The maximum absolute atomic E-state index is 13.5. The number of nitrogens with zero attached hydrogens (tertiary/aromatic N) is 2. The number of urea groups is 1. The first kappa shape index (κ1) is 13.3. The molecule has 1 saturated carbocycles. The highest BCUT2D eigenvalue weighted by Crippen LogP contribution is 2.40. The predicted octanol–water partition coefficient (Wildman–Crippen LogP) is 1.78. The lowest BCUT2D eigenvalue weighted by molar-refractivity contribution is -0.126. The number of hydrogen-bond donors (Lipinski definition) is 1. The average Bonchev–Trinajstić information content (AvgIpc) is 3.27. The van der Waals surface area contributed by atoms with Gasteiger partial charge in [-0.1, -0.05) is 12.1 Å². The van der Waals surface area contributed by atoms with Crippen molar-refractivity contribution in [3.05, 3.63) is 46.9 Å². The van der Waals surface area contributed by atoms with Crippen molar-refractivity contribution < 1.29 is 14.0 Å². The van der Waals surface area contributed by atoms with Crippen molar-refractivity contribution in [2.24, 2.45) is 0 Å². The van der Waals surface area contributed by atoms with Crippen LogP contribution >= 0.6 is 0 Å². The quantitative estimate of drug-likeness (QED) is 0.905. The fourth-order valence-electron chi connectivity index (χ4n) is 3.21. The van der Waals surface area contributed by atoms with Gasteiger partial charge in [-0.2, -0.15) is 0 Å². The highest BCUT2D eigenvalue weighted by molar-refractivity contribution is 6.01. The Labute approximate surface area is 127 Å². The first-order chi connectivity index (χ1) is 10.6. The van der Waals surface area contributed by atoms with Gasteiger partial charge in [0.2, 0.25) is 0 Å². The van der Waals surface area contributed by atoms with Crippen LogP contribution in [0.4, 0.5) is 9.18 Å². The van der Waals surface area contributed by atoms with Crippen LogP contribution in [0.5, 0.6) is 0 Å². The van der Waals surface area contributed by atoms with E-state index in [0.717, 1.165) is 18.5 Å². The minimum atomic E-state index is -0.578. The monoisotopic (exact) mass is 301 g/mol. The standard InChI is InChI=1S/C16H16FN3O2/c1-19-12-8-20(11-5-6-11)15(21)13(12)14(18-16(19)22)9-3-2-4-10(17)7-9/h2-4,7,11,14H,5-6,8H2,1H3,(H,18,22). The Morgan fingerprint density at radius 3 is 2.73 bits per heavy atom. The van der Waals surface area contributed by atoms with E-state index in [1.165, 1.54) is 17.0 Å². The molecule has 1 atom stereocenters. The number of benzene rings is 1. The summed E-state index contributed by atoms with van der Waals surface area (Å²) in [6.07, 6.45) is 2.03. The van der Waals surface area contributed by atoms with Crippen molar-refractivity contribution in [3.8, 4) is 0 Å². The number of amides is 3. The summed E-state index contributed by atoms with van der Waals surface area (Å²) in [6, 6.07) is 5.49. The Bertz CT molecular complexity index is 711. The summed E-state index contributed by atoms with van der Waals surface area (Å²) in [5.74, 6) is -0.420. The number of hydrogen-bond acceptors (Lipinski definition) is 2. The molecule has 0 bridgehead atoms. The zero-order valence-electron chi connectivity index (χ0n) is 12.2. The first-order valence-electron chi connectivity index (χ1n) is 7.40. The fraction of sp³-hybridized carbons (Fsp3) is 0.375. The van der Waals surface area contributed by atoms with E-state index in [1.54, 1.807) is 19.2 Å². The van der Waals surface area contributed by atoms with Gasteiger partial charge in [0.1, 0.15) is 5.82 Å². The van der Waals surface area contributed by atoms with Crippen LogP contribution in [0.3, 0.4) is 0 Å². The lowest BCUT2D eigenvalue weighted by Crippen LogP contribution is -2.45. The fourth-order valence-corrected chi connectivity index (χ4v) is 3.21. The molecule has 0 spiro atoms. The molecule has 4 rings (SSSR count). The van der Waals surface area contributed by atoms with E-state index in [4.69, 9.17) is 0 Å². The molecule has 1 aliphatic carbocycles. The molecule has 1 aromatic carbocycles. The summed E-state index contributed by atoms with van der Waals surface area (Å²) in [5.41, 5.74) is 1.90. The summed E-state index contributed by atoms with van der Waals surface area (Å²) < 4.78 is 13.5. The number of nitrogens with one attached hydrogen (secondary N) is 1. The van der Waals surface area contributed by atoms with Crippen LogP contribution in [0.1, 0.15) is 24.4 Å². The third-order valence-corrected chi connectivity index (χ3v) is 4.56. The molecule has 114 valence electrons. The second-order valence-corrected chi connectivity index (χ2v) is 6.02. The van der Waals surface area contributed by atoms with Gasteiger partial charge in [-0.05, 0) is 30.5 Å². The first-order valence-corrected chi connectivity index (χ1v) is 7.40. The van der Waals surface area contributed by atoms with Gasteiger partial charge in [0.05, 0.1) is 23.9 Å². The van der Waals surface area contributed by atoms with Crippen molar-refractivity contribution >= 4 is 11.9 Å². The molecule has 0 radical (unpaired) electrons. The Hall–Kier alpha value is -2.37. The highest BCUT2D eigenvalue weighted by Gasteiger charge is 2.46. The number of likely N-dealkylation sites (N-methyl/N-ethyl adjacent to an activating group) is 1. The Morgan fingerprint density at radius 1 is 1.27 bits per heavy atom. The van der Waals surface area contributed by atoms with E-state index in [-0.39, 0.29) is 23.8 Å². The van der Waals surface area contributed by atoms with Gasteiger partial charge in [0.15, 0.2) is 0 Å². The zero-order valence-corrected chi connectivity index (χ0v) is 12.2. The van der Waals surface area contributed by atoms with Crippen molar-refractivity contribution in [1.29, 1.82) is 0 Å². The predicted molar refractivity (Wildman–Crippen MR) is 77.2 cm³/mol. The molecule has 0 aromatic heterocycles. The summed E-state index contributed by atoms with van der Waals surface area (Å²) >= 11 is 0. The second kappa shape index (κ2) is 4.56. The maximum Gasteiger partial charge on any atom is 0.322 e. The van der Waals surface area contributed by atoms with Gasteiger partial charge < -0.3 is 10.2 Å². The molecular weight excluding hydrogens is 285 g/mol. The van der Waals surface area contributed by atoms with Crippen molar-refractivity contribution in [1.82, 2.24) is 15.1 Å². The van der Waals surface area contributed by atoms with E-state index in [2.05, 4.69) is 5.32 Å². The molecule has 1 fully saturated rings. The third kappa shape index (κ3) is 1.90. The topological polar surface area (TPSA) is 52.7 Å². The van der Waals surface area contributed by atoms with Crippen LogP contribution in [-0.2, 0) is 4.79 Å². The minimum Gasteiger partial charge on any atom is -0.330 e. The third-order valence-electron chi connectivity index (χ3n) is 4.56. The van der Waals surface area contributed by atoms with Gasteiger partial charge in [0, 0.05) is 13.1 Å². The largest absolute Gasteiger partial charge is 0.330 e. The van der Waals surface area contributed by atoms with E-state index < -0.39 is 6.04 Å². The van der Waals surface area contributed by atoms with Gasteiger partial charge in [-0.25, -0.2) is 9.18 Å². The summed E-state index contributed by atoms with van der Waals surface area (Å²) in [6.45, 7) is 0.467. The number of rotatable bonds is 2. The van der Waals surface area contributed by atoms with Crippen molar-refractivity contribution in [2.75, 3.05) is 13.6 Å². The number of halogens is 1. The van der Waals surface area contributed by atoms with Crippen molar-refractivity contribution in [3.63, 3.8) is 0 Å². The molecule has 22 heavy (non-hydrogen) atoms.